The normalized spacial score (nSPS) is 11.1. The minimum atomic E-state index is -0.245. The van der Waals surface area contributed by atoms with Crippen LogP contribution < -0.4 is 5.32 Å². The molecule has 0 fully saturated rings. The minimum Gasteiger partial charge on any atom is -0.356 e. The second-order valence-corrected chi connectivity index (χ2v) is 6.67. The third kappa shape index (κ3) is 6.67. The summed E-state index contributed by atoms with van der Waals surface area (Å²) in [5.74, 6) is 1.51. The minimum absolute atomic E-state index is 0. The van der Waals surface area contributed by atoms with Crippen molar-refractivity contribution in [2.24, 2.45) is 4.99 Å². The van der Waals surface area contributed by atoms with Gasteiger partial charge in [0.25, 0.3) is 0 Å². The van der Waals surface area contributed by atoms with Gasteiger partial charge in [0.15, 0.2) is 5.96 Å². The van der Waals surface area contributed by atoms with E-state index in [1.807, 2.05) is 24.1 Å². The first-order valence-electron chi connectivity index (χ1n) is 8.80. The van der Waals surface area contributed by atoms with Crippen LogP contribution in [0.4, 0.5) is 4.39 Å². The third-order valence-corrected chi connectivity index (χ3v) is 4.31. The Morgan fingerprint density at radius 3 is 2.69 bits per heavy atom. The molecule has 1 aromatic heterocycles. The lowest BCUT2D eigenvalue weighted by Gasteiger charge is -2.22. The Hall–Kier alpha value is -2.20. The van der Waals surface area contributed by atoms with Crippen molar-refractivity contribution >= 4 is 41.5 Å². The molecule has 29 heavy (non-hydrogen) atoms. The Morgan fingerprint density at radius 2 is 2.00 bits per heavy atom. The van der Waals surface area contributed by atoms with Crippen molar-refractivity contribution in [1.82, 2.24) is 20.4 Å². The van der Waals surface area contributed by atoms with Crippen molar-refractivity contribution in [3.8, 4) is 11.4 Å². The highest BCUT2D eigenvalue weighted by Crippen LogP contribution is 2.19. The largest absolute Gasteiger partial charge is 0.356 e. The highest BCUT2D eigenvalue weighted by Gasteiger charge is 2.11. The van der Waals surface area contributed by atoms with Gasteiger partial charge in [0.05, 0.1) is 0 Å². The number of hydrogen-bond acceptors (Lipinski definition) is 4. The van der Waals surface area contributed by atoms with E-state index in [1.54, 1.807) is 31.3 Å². The Morgan fingerprint density at radius 1 is 1.24 bits per heavy atom. The lowest BCUT2D eigenvalue weighted by atomic mass is 10.2. The van der Waals surface area contributed by atoms with E-state index in [4.69, 9.17) is 16.1 Å². The van der Waals surface area contributed by atoms with Gasteiger partial charge in [-0.3, -0.25) is 4.99 Å². The summed E-state index contributed by atoms with van der Waals surface area (Å²) in [6, 6.07) is 13.7. The standard InChI is InChI=1S/C20H21ClFN5O.HI/c1-23-20(27(2)13-14-6-8-17(22)9-7-14)24-11-10-18-25-19(26-28-18)15-4-3-5-16(21)12-15;/h3-9,12H,10-11,13H2,1-2H3,(H,23,24);1H. The van der Waals surface area contributed by atoms with Crippen molar-refractivity contribution < 1.29 is 8.91 Å². The molecule has 0 radical (unpaired) electrons. The number of nitrogens with zero attached hydrogens (tertiary/aromatic N) is 4. The molecule has 0 saturated carbocycles. The highest BCUT2D eigenvalue weighted by atomic mass is 127. The molecule has 0 aliphatic carbocycles. The van der Waals surface area contributed by atoms with Crippen molar-refractivity contribution in [1.29, 1.82) is 0 Å². The molecule has 1 heterocycles. The molecule has 2 aromatic carbocycles. The zero-order chi connectivity index (χ0) is 19.9. The highest BCUT2D eigenvalue weighted by molar-refractivity contribution is 14.0. The summed E-state index contributed by atoms with van der Waals surface area (Å²) < 4.78 is 18.3. The number of nitrogens with one attached hydrogen (secondary N) is 1. The van der Waals surface area contributed by atoms with Crippen LogP contribution in [0.2, 0.25) is 5.02 Å². The first kappa shape index (κ1) is 23.1. The van der Waals surface area contributed by atoms with Crippen molar-refractivity contribution in [3.63, 3.8) is 0 Å². The van der Waals surface area contributed by atoms with Crippen LogP contribution in [0.15, 0.2) is 58.0 Å². The van der Waals surface area contributed by atoms with Crippen LogP contribution in [0, 0.1) is 5.82 Å². The monoisotopic (exact) mass is 529 g/mol. The predicted octanol–water partition coefficient (Wildman–Crippen LogP) is 4.40. The topological polar surface area (TPSA) is 66.5 Å². The molecule has 0 amide bonds. The molecule has 0 unspecified atom stereocenters. The lowest BCUT2D eigenvalue weighted by Crippen LogP contribution is -2.39. The Labute approximate surface area is 191 Å². The zero-order valence-corrected chi connectivity index (χ0v) is 19.2. The van der Waals surface area contributed by atoms with E-state index < -0.39 is 0 Å². The number of benzene rings is 2. The van der Waals surface area contributed by atoms with Gasteiger partial charge in [-0.05, 0) is 29.8 Å². The van der Waals surface area contributed by atoms with Crippen LogP contribution in [-0.4, -0.2) is 41.6 Å². The molecule has 0 saturated heterocycles. The van der Waals surface area contributed by atoms with E-state index in [1.165, 1.54) is 12.1 Å². The van der Waals surface area contributed by atoms with Gasteiger partial charge in [0.2, 0.25) is 11.7 Å². The average molecular weight is 530 g/mol. The van der Waals surface area contributed by atoms with Crippen molar-refractivity contribution in [2.75, 3.05) is 20.6 Å². The fourth-order valence-electron chi connectivity index (χ4n) is 2.71. The van der Waals surface area contributed by atoms with Crippen LogP contribution in [0.25, 0.3) is 11.4 Å². The van der Waals surface area contributed by atoms with Gasteiger partial charge < -0.3 is 14.7 Å². The van der Waals surface area contributed by atoms with Gasteiger partial charge >= 0.3 is 0 Å². The molecule has 154 valence electrons. The third-order valence-electron chi connectivity index (χ3n) is 4.08. The molecule has 9 heteroatoms. The van der Waals surface area contributed by atoms with E-state index in [0.29, 0.717) is 36.2 Å². The number of halogens is 3. The molecule has 1 N–H and O–H groups in total. The number of hydrogen-bond donors (Lipinski definition) is 1. The molecular weight excluding hydrogens is 508 g/mol. The number of aliphatic imine (C=N–C) groups is 1. The first-order valence-corrected chi connectivity index (χ1v) is 9.17. The molecule has 3 aromatic rings. The maximum absolute atomic E-state index is 13.0. The van der Waals surface area contributed by atoms with Crippen LogP contribution >= 0.6 is 35.6 Å². The SMILES string of the molecule is CN=C(NCCc1nc(-c2cccc(Cl)c2)no1)N(C)Cc1ccc(F)cc1.I. The molecule has 0 aliphatic heterocycles. The number of rotatable bonds is 6. The van der Waals surface area contributed by atoms with Crippen LogP contribution in [-0.2, 0) is 13.0 Å². The number of guanidine groups is 1. The zero-order valence-electron chi connectivity index (χ0n) is 16.1. The quantitative estimate of drug-likeness (QED) is 0.291. The van der Waals surface area contributed by atoms with Gasteiger partial charge in [-0.1, -0.05) is 41.0 Å². The number of aromatic nitrogens is 2. The fraction of sp³-hybridized carbons (Fsp3) is 0.250. The van der Waals surface area contributed by atoms with Gasteiger partial charge in [-0.2, -0.15) is 4.98 Å². The fourth-order valence-corrected chi connectivity index (χ4v) is 2.90. The second kappa shape index (κ2) is 11.1. The Bertz CT molecular complexity index is 948. The molecule has 0 aliphatic rings. The predicted molar refractivity (Wildman–Crippen MR) is 123 cm³/mol. The molecule has 0 spiro atoms. The summed E-state index contributed by atoms with van der Waals surface area (Å²) in [6.07, 6.45) is 0.553. The van der Waals surface area contributed by atoms with Crippen molar-refractivity contribution in [2.45, 2.75) is 13.0 Å². The van der Waals surface area contributed by atoms with E-state index in [9.17, 15) is 4.39 Å². The van der Waals surface area contributed by atoms with Crippen molar-refractivity contribution in [3.05, 3.63) is 70.8 Å². The average Bonchev–Trinajstić information content (AvgIpc) is 3.16. The smallest absolute Gasteiger partial charge is 0.228 e. The maximum Gasteiger partial charge on any atom is 0.228 e. The maximum atomic E-state index is 13.0. The lowest BCUT2D eigenvalue weighted by molar-refractivity contribution is 0.377. The summed E-state index contributed by atoms with van der Waals surface area (Å²) in [4.78, 5) is 10.6. The molecule has 0 atom stereocenters. The molecule has 6 nitrogen and oxygen atoms in total. The van der Waals surface area contributed by atoms with E-state index in [2.05, 4.69) is 20.4 Å². The van der Waals surface area contributed by atoms with Crippen LogP contribution in [0.1, 0.15) is 11.5 Å². The van der Waals surface area contributed by atoms with Gasteiger partial charge in [-0.15, -0.1) is 24.0 Å². The molecule has 3 rings (SSSR count). The van der Waals surface area contributed by atoms with Gasteiger partial charge in [0.1, 0.15) is 5.82 Å². The summed E-state index contributed by atoms with van der Waals surface area (Å²) in [7, 11) is 3.64. The van der Waals surface area contributed by atoms with Crippen LogP contribution in [0.3, 0.4) is 0 Å². The first-order chi connectivity index (χ1) is 13.5. The van der Waals surface area contributed by atoms with Gasteiger partial charge in [0, 0.05) is 44.2 Å². The summed E-state index contributed by atoms with van der Waals surface area (Å²) in [6.45, 7) is 1.19. The Balaban J connectivity index is 0.00000300. The summed E-state index contributed by atoms with van der Waals surface area (Å²) >= 11 is 6.00. The van der Waals surface area contributed by atoms with E-state index >= 15 is 0 Å². The van der Waals surface area contributed by atoms with Gasteiger partial charge in [-0.25, -0.2) is 4.39 Å². The van der Waals surface area contributed by atoms with E-state index in [0.717, 1.165) is 17.1 Å². The molecular formula is C20H22ClFIN5O. The summed E-state index contributed by atoms with van der Waals surface area (Å²) in [5, 5.41) is 7.88. The van der Waals surface area contributed by atoms with E-state index in [-0.39, 0.29) is 29.8 Å². The Kier molecular flexibility index (Phi) is 8.84. The van der Waals surface area contributed by atoms with Crippen LogP contribution in [0.5, 0.6) is 0 Å². The second-order valence-electron chi connectivity index (χ2n) is 6.23. The molecule has 0 bridgehead atoms. The summed E-state index contributed by atoms with van der Waals surface area (Å²) in [5.41, 5.74) is 1.81.